The molecule has 8 heteroatoms. The van der Waals surface area contributed by atoms with Crippen LogP contribution in [0.1, 0.15) is 0 Å². The van der Waals surface area contributed by atoms with E-state index in [1.807, 2.05) is 0 Å². The first-order chi connectivity index (χ1) is 11.6. The third kappa shape index (κ3) is 2.29. The largest absolute Gasteiger partial charge is 0.461 e. The summed E-state index contributed by atoms with van der Waals surface area (Å²) in [5, 5.41) is 13.5. The first-order valence-corrected chi connectivity index (χ1v) is 7.85. The molecule has 0 atom stereocenters. The van der Waals surface area contributed by atoms with E-state index >= 15 is 0 Å². The van der Waals surface area contributed by atoms with E-state index in [9.17, 15) is 10.1 Å². The number of fused-ring (bicyclic) bond motifs is 1. The van der Waals surface area contributed by atoms with Crippen LogP contribution in [0, 0.1) is 10.1 Å². The van der Waals surface area contributed by atoms with Crippen molar-refractivity contribution >= 4 is 32.9 Å². The zero-order valence-corrected chi connectivity index (χ0v) is 13.0. The molecule has 3 aromatic heterocycles. The van der Waals surface area contributed by atoms with E-state index in [0.717, 1.165) is 0 Å². The van der Waals surface area contributed by atoms with Crippen molar-refractivity contribution < 1.29 is 9.34 Å². The Kier molecular flexibility index (Phi) is 3.24. The SMILES string of the molecule is Nc1csc2nc(-c3ccco3)nc(-c3cccc([N+](=O)[O-])c3)c12. The van der Waals surface area contributed by atoms with Crippen molar-refractivity contribution in [2.45, 2.75) is 0 Å². The van der Waals surface area contributed by atoms with Crippen LogP contribution in [0.25, 0.3) is 33.1 Å². The van der Waals surface area contributed by atoms with E-state index in [2.05, 4.69) is 9.97 Å². The summed E-state index contributed by atoms with van der Waals surface area (Å²) in [6.07, 6.45) is 1.54. The van der Waals surface area contributed by atoms with Gasteiger partial charge in [0.1, 0.15) is 4.83 Å². The van der Waals surface area contributed by atoms with Gasteiger partial charge >= 0.3 is 0 Å². The minimum absolute atomic E-state index is 0.00684. The average Bonchev–Trinajstić information content (AvgIpc) is 3.24. The van der Waals surface area contributed by atoms with Gasteiger partial charge in [-0.25, -0.2) is 9.97 Å². The van der Waals surface area contributed by atoms with Crippen molar-refractivity contribution in [2.75, 3.05) is 5.73 Å². The first-order valence-electron chi connectivity index (χ1n) is 6.97. The standard InChI is InChI=1S/C16H10N4O3S/c17-11-8-24-16-13(11)14(9-3-1-4-10(7-9)20(21)22)18-15(19-16)12-5-2-6-23-12/h1-8H,17H2. The van der Waals surface area contributed by atoms with Gasteiger partial charge in [0.2, 0.25) is 0 Å². The number of furan rings is 1. The predicted octanol–water partition coefficient (Wildman–Crippen LogP) is 4.11. The van der Waals surface area contributed by atoms with Crippen molar-refractivity contribution in [2.24, 2.45) is 0 Å². The molecule has 7 nitrogen and oxygen atoms in total. The Bertz CT molecular complexity index is 1060. The lowest BCUT2D eigenvalue weighted by atomic mass is 10.1. The zero-order chi connectivity index (χ0) is 16.7. The molecule has 0 fully saturated rings. The van der Waals surface area contributed by atoms with Crippen molar-refractivity contribution in [3.05, 3.63) is 58.2 Å². The Morgan fingerprint density at radius 3 is 2.83 bits per heavy atom. The van der Waals surface area contributed by atoms with E-state index in [-0.39, 0.29) is 5.69 Å². The number of hydrogen-bond acceptors (Lipinski definition) is 7. The maximum absolute atomic E-state index is 11.1. The third-order valence-electron chi connectivity index (χ3n) is 3.53. The summed E-state index contributed by atoms with van der Waals surface area (Å²) in [5.41, 5.74) is 7.75. The molecule has 0 bridgehead atoms. The van der Waals surface area contributed by atoms with Gasteiger partial charge < -0.3 is 10.2 Å². The molecule has 1 aromatic carbocycles. The number of hydrogen-bond donors (Lipinski definition) is 1. The minimum atomic E-state index is -0.438. The van der Waals surface area contributed by atoms with Gasteiger partial charge in [0, 0.05) is 23.1 Å². The summed E-state index contributed by atoms with van der Waals surface area (Å²) in [6, 6.07) is 9.81. The minimum Gasteiger partial charge on any atom is -0.461 e. The molecule has 3 heterocycles. The normalized spacial score (nSPS) is 11.0. The second-order valence-corrected chi connectivity index (χ2v) is 5.91. The number of nitro groups is 1. The van der Waals surface area contributed by atoms with Crippen molar-refractivity contribution in [3.63, 3.8) is 0 Å². The molecule has 4 aromatic rings. The summed E-state index contributed by atoms with van der Waals surface area (Å²) in [4.78, 5) is 20.3. The van der Waals surface area contributed by atoms with Crippen LogP contribution >= 0.6 is 11.3 Å². The molecule has 0 amide bonds. The highest BCUT2D eigenvalue weighted by Crippen LogP contribution is 2.37. The third-order valence-corrected chi connectivity index (χ3v) is 4.42. The van der Waals surface area contributed by atoms with Gasteiger partial charge in [0.25, 0.3) is 5.69 Å². The number of nitrogen functional groups attached to an aromatic ring is 1. The van der Waals surface area contributed by atoms with Gasteiger partial charge in [-0.2, -0.15) is 0 Å². The monoisotopic (exact) mass is 338 g/mol. The molecule has 0 unspecified atom stereocenters. The summed E-state index contributed by atoms with van der Waals surface area (Å²) in [5.74, 6) is 0.936. The van der Waals surface area contributed by atoms with E-state index in [1.54, 1.807) is 35.9 Å². The quantitative estimate of drug-likeness (QED) is 0.445. The summed E-state index contributed by atoms with van der Waals surface area (Å²) in [6.45, 7) is 0. The Balaban J connectivity index is 2.01. The van der Waals surface area contributed by atoms with Crippen molar-refractivity contribution in [3.8, 4) is 22.8 Å². The fourth-order valence-corrected chi connectivity index (χ4v) is 3.28. The lowest BCUT2D eigenvalue weighted by Crippen LogP contribution is -1.95. The fraction of sp³-hybridized carbons (Fsp3) is 0. The van der Waals surface area contributed by atoms with Crippen LogP contribution in [0.3, 0.4) is 0 Å². The Morgan fingerprint density at radius 2 is 2.08 bits per heavy atom. The molecule has 0 aliphatic heterocycles. The number of aromatic nitrogens is 2. The number of non-ortho nitro benzene ring substituents is 1. The number of nitrogens with zero attached hydrogens (tertiary/aromatic N) is 3. The van der Waals surface area contributed by atoms with Crippen LogP contribution in [0.2, 0.25) is 0 Å². The highest BCUT2D eigenvalue weighted by molar-refractivity contribution is 7.17. The van der Waals surface area contributed by atoms with Crippen LogP contribution in [0.15, 0.2) is 52.5 Å². The van der Waals surface area contributed by atoms with Gasteiger partial charge in [-0.1, -0.05) is 12.1 Å². The molecule has 24 heavy (non-hydrogen) atoms. The van der Waals surface area contributed by atoms with Crippen molar-refractivity contribution in [1.29, 1.82) is 0 Å². The van der Waals surface area contributed by atoms with Crippen LogP contribution in [-0.4, -0.2) is 14.9 Å². The van der Waals surface area contributed by atoms with Crippen LogP contribution in [0.4, 0.5) is 11.4 Å². The second-order valence-electron chi connectivity index (χ2n) is 5.05. The second kappa shape index (κ2) is 5.43. The fourth-order valence-electron chi connectivity index (χ4n) is 2.46. The van der Waals surface area contributed by atoms with Gasteiger partial charge in [-0.15, -0.1) is 11.3 Å². The number of anilines is 1. The lowest BCUT2D eigenvalue weighted by Gasteiger charge is -2.06. The number of benzene rings is 1. The highest BCUT2D eigenvalue weighted by atomic mass is 32.1. The van der Waals surface area contributed by atoms with Crippen LogP contribution in [0.5, 0.6) is 0 Å². The maximum Gasteiger partial charge on any atom is 0.270 e. The Hall–Kier alpha value is -3.26. The molecule has 0 aliphatic carbocycles. The van der Waals surface area contributed by atoms with Gasteiger partial charge in [-0.05, 0) is 12.1 Å². The van der Waals surface area contributed by atoms with Gasteiger partial charge in [0.15, 0.2) is 11.6 Å². The van der Waals surface area contributed by atoms with E-state index in [4.69, 9.17) is 10.2 Å². The number of nitrogens with two attached hydrogens (primary N) is 1. The summed E-state index contributed by atoms with van der Waals surface area (Å²) >= 11 is 1.39. The van der Waals surface area contributed by atoms with E-state index < -0.39 is 4.92 Å². The van der Waals surface area contributed by atoms with Gasteiger partial charge in [-0.3, -0.25) is 10.1 Å². The van der Waals surface area contributed by atoms with E-state index in [1.165, 1.54) is 23.5 Å². The molecular weight excluding hydrogens is 328 g/mol. The van der Waals surface area contributed by atoms with Crippen LogP contribution in [-0.2, 0) is 0 Å². The summed E-state index contributed by atoms with van der Waals surface area (Å²) in [7, 11) is 0. The molecule has 0 aliphatic rings. The zero-order valence-electron chi connectivity index (χ0n) is 12.2. The first kappa shape index (κ1) is 14.3. The molecule has 2 N–H and O–H groups in total. The molecule has 0 spiro atoms. The topological polar surface area (TPSA) is 108 Å². The highest BCUT2D eigenvalue weighted by Gasteiger charge is 2.18. The Labute approximate surface area is 139 Å². The average molecular weight is 338 g/mol. The summed E-state index contributed by atoms with van der Waals surface area (Å²) < 4.78 is 5.37. The lowest BCUT2D eigenvalue weighted by molar-refractivity contribution is -0.384. The van der Waals surface area contributed by atoms with E-state index in [0.29, 0.717) is 38.7 Å². The Morgan fingerprint density at radius 1 is 1.21 bits per heavy atom. The molecular formula is C16H10N4O3S. The molecule has 4 rings (SSSR count). The molecule has 0 saturated heterocycles. The van der Waals surface area contributed by atoms with Crippen molar-refractivity contribution in [1.82, 2.24) is 9.97 Å². The smallest absolute Gasteiger partial charge is 0.270 e. The molecule has 118 valence electrons. The van der Waals surface area contributed by atoms with Gasteiger partial charge in [0.05, 0.1) is 28.0 Å². The predicted molar refractivity (Wildman–Crippen MR) is 91.6 cm³/mol. The number of nitro benzene ring substituents is 1. The number of thiophene rings is 1. The number of rotatable bonds is 3. The molecule has 0 saturated carbocycles. The molecule has 0 radical (unpaired) electrons. The maximum atomic E-state index is 11.1. The van der Waals surface area contributed by atoms with Crippen LogP contribution < -0.4 is 5.73 Å².